The largest absolute Gasteiger partial charge is 0.481 e. The number of amides is 1. The molecule has 0 aliphatic heterocycles. The van der Waals surface area contributed by atoms with Gasteiger partial charge in [-0.25, -0.2) is 4.68 Å². The van der Waals surface area contributed by atoms with Gasteiger partial charge in [-0.1, -0.05) is 24.3 Å². The Hall–Kier alpha value is -4.73. The zero-order chi connectivity index (χ0) is 25.4. The lowest BCUT2D eigenvalue weighted by Crippen LogP contribution is -2.31. The van der Waals surface area contributed by atoms with Crippen molar-refractivity contribution in [1.29, 1.82) is 0 Å². The number of ether oxygens (including phenoxy) is 1. The summed E-state index contributed by atoms with van der Waals surface area (Å²) in [5, 5.41) is 12.0. The molecule has 5 aromatic rings. The summed E-state index contributed by atoms with van der Waals surface area (Å²) in [4.78, 5) is 33.2. The molecule has 3 heterocycles. The van der Waals surface area contributed by atoms with Crippen LogP contribution in [0.2, 0.25) is 0 Å². The van der Waals surface area contributed by atoms with Crippen LogP contribution in [0.15, 0.2) is 65.6 Å². The molecule has 36 heavy (non-hydrogen) atoms. The number of para-hydroxylation sites is 1. The van der Waals surface area contributed by atoms with Crippen LogP contribution < -0.4 is 15.6 Å². The number of aromatic amines is 1. The van der Waals surface area contributed by atoms with E-state index in [1.165, 1.54) is 10.9 Å². The van der Waals surface area contributed by atoms with Gasteiger partial charge in [0.25, 0.3) is 11.5 Å². The second-order valence-corrected chi connectivity index (χ2v) is 8.60. The van der Waals surface area contributed by atoms with Crippen molar-refractivity contribution in [2.24, 2.45) is 0 Å². The van der Waals surface area contributed by atoms with Crippen molar-refractivity contribution in [2.75, 3.05) is 5.32 Å². The maximum absolute atomic E-state index is 12.9. The molecule has 0 aliphatic rings. The summed E-state index contributed by atoms with van der Waals surface area (Å²) in [6.45, 7) is 7.49. The third-order valence-electron chi connectivity index (χ3n) is 5.87. The SMILES string of the molecule is Cc1cc(NC(=O)[C@H](C)Oc2ccccc2)n(-c2nc3c(cnn3-c3ccc(C)c(C)c3)c(=O)[nH]2)n1. The minimum atomic E-state index is -0.767. The highest BCUT2D eigenvalue weighted by molar-refractivity contribution is 5.93. The molecule has 0 fully saturated rings. The van der Waals surface area contributed by atoms with Crippen LogP contribution >= 0.6 is 0 Å². The Morgan fingerprint density at radius 2 is 1.81 bits per heavy atom. The lowest BCUT2D eigenvalue weighted by molar-refractivity contribution is -0.122. The fourth-order valence-corrected chi connectivity index (χ4v) is 3.79. The van der Waals surface area contributed by atoms with Gasteiger partial charge < -0.3 is 10.1 Å². The third kappa shape index (κ3) is 4.36. The summed E-state index contributed by atoms with van der Waals surface area (Å²) in [5.41, 5.74) is 3.68. The Bertz CT molecular complexity index is 1630. The summed E-state index contributed by atoms with van der Waals surface area (Å²) in [5.74, 6) is 0.711. The average molecular weight is 484 g/mol. The number of aromatic nitrogens is 6. The Morgan fingerprint density at radius 1 is 1.03 bits per heavy atom. The van der Waals surface area contributed by atoms with Crippen molar-refractivity contribution in [1.82, 2.24) is 29.5 Å². The molecule has 0 radical (unpaired) electrons. The standard InChI is InChI=1S/C26H25N7O3/c1-15-10-11-19(12-16(15)2)32-23-21(14-27-32)25(35)30-26(29-23)33-22(13-17(3)31-33)28-24(34)18(4)36-20-8-6-5-7-9-20/h5-14,18H,1-4H3,(H,28,34)(H,29,30,35)/t18-/m0/s1. The second kappa shape index (κ2) is 9.14. The van der Waals surface area contributed by atoms with Crippen molar-refractivity contribution in [3.8, 4) is 17.4 Å². The maximum Gasteiger partial charge on any atom is 0.266 e. The molecule has 0 aliphatic carbocycles. The molecule has 5 rings (SSSR count). The summed E-state index contributed by atoms with van der Waals surface area (Å²) < 4.78 is 8.73. The lowest BCUT2D eigenvalue weighted by Gasteiger charge is -2.15. The third-order valence-corrected chi connectivity index (χ3v) is 5.87. The number of carbonyl (C=O) groups excluding carboxylic acids is 1. The highest BCUT2D eigenvalue weighted by atomic mass is 16.5. The molecule has 0 bridgehead atoms. The Morgan fingerprint density at radius 3 is 2.56 bits per heavy atom. The van der Waals surface area contributed by atoms with E-state index in [1.54, 1.807) is 36.7 Å². The van der Waals surface area contributed by atoms with E-state index in [2.05, 4.69) is 25.5 Å². The van der Waals surface area contributed by atoms with Crippen molar-refractivity contribution >= 4 is 22.8 Å². The minimum absolute atomic E-state index is 0.151. The van der Waals surface area contributed by atoms with E-state index in [9.17, 15) is 9.59 Å². The maximum atomic E-state index is 12.9. The number of carbonyl (C=O) groups is 1. The van der Waals surface area contributed by atoms with Crippen LogP contribution in [0.1, 0.15) is 23.7 Å². The molecular formula is C26H25N7O3. The van der Waals surface area contributed by atoms with Crippen LogP contribution in [0.5, 0.6) is 5.75 Å². The first-order valence-corrected chi connectivity index (χ1v) is 11.5. The quantitative estimate of drug-likeness (QED) is 0.381. The molecule has 10 heteroatoms. The molecule has 1 amide bonds. The molecule has 0 unspecified atom stereocenters. The van der Waals surface area contributed by atoms with E-state index < -0.39 is 6.10 Å². The number of hydrogen-bond acceptors (Lipinski definition) is 6. The van der Waals surface area contributed by atoms with Crippen molar-refractivity contribution in [2.45, 2.75) is 33.8 Å². The van der Waals surface area contributed by atoms with Gasteiger partial charge in [0.15, 0.2) is 11.8 Å². The summed E-state index contributed by atoms with van der Waals surface area (Å²) in [6.07, 6.45) is 0.719. The van der Waals surface area contributed by atoms with Gasteiger partial charge in [-0.2, -0.15) is 19.9 Å². The van der Waals surface area contributed by atoms with Crippen molar-refractivity contribution in [3.63, 3.8) is 0 Å². The molecule has 182 valence electrons. The number of anilines is 1. The Labute approximate surface area is 206 Å². The van der Waals surface area contributed by atoms with Crippen LogP contribution in [0.3, 0.4) is 0 Å². The normalized spacial score (nSPS) is 12.0. The fraction of sp³-hybridized carbons (Fsp3) is 0.192. The second-order valence-electron chi connectivity index (χ2n) is 8.60. The first-order valence-electron chi connectivity index (χ1n) is 11.5. The number of aryl methyl sites for hydroxylation is 3. The smallest absolute Gasteiger partial charge is 0.266 e. The molecule has 1 atom stereocenters. The zero-order valence-corrected chi connectivity index (χ0v) is 20.3. The predicted octanol–water partition coefficient (Wildman–Crippen LogP) is 3.63. The number of benzene rings is 2. The van der Waals surface area contributed by atoms with Gasteiger partial charge >= 0.3 is 0 Å². The van der Waals surface area contributed by atoms with E-state index >= 15 is 0 Å². The van der Waals surface area contributed by atoms with Gasteiger partial charge in [0.2, 0.25) is 5.95 Å². The van der Waals surface area contributed by atoms with Gasteiger partial charge in [-0.05, 0) is 63.1 Å². The van der Waals surface area contributed by atoms with Gasteiger partial charge in [-0.15, -0.1) is 0 Å². The zero-order valence-electron chi connectivity index (χ0n) is 20.3. The fourth-order valence-electron chi connectivity index (χ4n) is 3.79. The van der Waals surface area contributed by atoms with Crippen molar-refractivity contribution < 1.29 is 9.53 Å². The molecule has 0 spiro atoms. The van der Waals surface area contributed by atoms with E-state index in [1.807, 2.05) is 50.2 Å². The number of hydrogen-bond donors (Lipinski definition) is 2. The highest BCUT2D eigenvalue weighted by Gasteiger charge is 2.20. The van der Waals surface area contributed by atoms with Crippen molar-refractivity contribution in [3.05, 3.63) is 88.0 Å². The molecule has 10 nitrogen and oxygen atoms in total. The monoisotopic (exact) mass is 483 g/mol. The Balaban J connectivity index is 1.50. The topological polar surface area (TPSA) is 120 Å². The van der Waals surface area contributed by atoms with Crippen LogP contribution in [-0.2, 0) is 4.79 Å². The van der Waals surface area contributed by atoms with E-state index in [4.69, 9.17) is 4.74 Å². The number of fused-ring (bicyclic) bond motifs is 1. The lowest BCUT2D eigenvalue weighted by atomic mass is 10.1. The van der Waals surface area contributed by atoms with Crippen LogP contribution in [0.4, 0.5) is 5.82 Å². The van der Waals surface area contributed by atoms with E-state index in [-0.39, 0.29) is 17.4 Å². The van der Waals surface area contributed by atoms with Crippen LogP contribution in [0, 0.1) is 20.8 Å². The van der Waals surface area contributed by atoms with Gasteiger partial charge in [0.1, 0.15) is 17.0 Å². The van der Waals surface area contributed by atoms with E-state index in [0.29, 0.717) is 28.3 Å². The number of nitrogens with zero attached hydrogens (tertiary/aromatic N) is 5. The molecule has 0 saturated heterocycles. The number of rotatable bonds is 6. The number of H-pyrrole nitrogens is 1. The summed E-state index contributed by atoms with van der Waals surface area (Å²) in [7, 11) is 0. The van der Waals surface area contributed by atoms with E-state index in [0.717, 1.165) is 16.8 Å². The Kier molecular flexibility index (Phi) is 5.85. The van der Waals surface area contributed by atoms with Gasteiger partial charge in [-0.3, -0.25) is 14.6 Å². The molecule has 2 N–H and O–H groups in total. The molecule has 2 aromatic carbocycles. The molecule has 0 saturated carbocycles. The van der Waals surface area contributed by atoms with Gasteiger partial charge in [0, 0.05) is 6.07 Å². The number of nitrogens with one attached hydrogen (secondary N) is 2. The first-order chi connectivity index (χ1) is 17.3. The summed E-state index contributed by atoms with van der Waals surface area (Å²) >= 11 is 0. The first kappa shape index (κ1) is 23.0. The predicted molar refractivity (Wildman–Crippen MR) is 136 cm³/mol. The average Bonchev–Trinajstić information content (AvgIpc) is 3.45. The van der Waals surface area contributed by atoms with Crippen LogP contribution in [0.25, 0.3) is 22.7 Å². The summed E-state index contributed by atoms with van der Waals surface area (Å²) in [6, 6.07) is 16.7. The highest BCUT2D eigenvalue weighted by Crippen LogP contribution is 2.20. The molecule has 3 aromatic heterocycles. The minimum Gasteiger partial charge on any atom is -0.481 e. The molecular weight excluding hydrogens is 458 g/mol. The van der Waals surface area contributed by atoms with Gasteiger partial charge in [0.05, 0.1) is 17.6 Å². The van der Waals surface area contributed by atoms with Crippen LogP contribution in [-0.4, -0.2) is 41.5 Å².